The molecule has 2 aliphatic rings. The average molecular weight is 376 g/mol. The first kappa shape index (κ1) is 19.6. The largest absolute Gasteiger partial charge is 0.299 e. The SMILES string of the molecule is CC(C)(CCCN1CC=C(C2CCCC2)CC1)S(=O)(=O)c1ccccc1. The van der Waals surface area contributed by atoms with Crippen molar-refractivity contribution in [3.63, 3.8) is 0 Å². The summed E-state index contributed by atoms with van der Waals surface area (Å²) in [5, 5.41) is 0. The molecule has 1 aromatic carbocycles. The Morgan fingerprint density at radius 1 is 1.12 bits per heavy atom. The van der Waals surface area contributed by atoms with E-state index in [1.165, 1.54) is 32.1 Å². The third kappa shape index (κ3) is 4.40. The molecule has 0 amide bonds. The van der Waals surface area contributed by atoms with Gasteiger partial charge in [0.25, 0.3) is 0 Å². The van der Waals surface area contributed by atoms with Crippen LogP contribution in [0, 0.1) is 5.92 Å². The fourth-order valence-corrected chi connectivity index (χ4v) is 5.95. The van der Waals surface area contributed by atoms with E-state index in [0.717, 1.165) is 32.0 Å². The molecule has 26 heavy (non-hydrogen) atoms. The molecule has 1 heterocycles. The van der Waals surface area contributed by atoms with Crippen molar-refractivity contribution in [2.24, 2.45) is 5.92 Å². The Hall–Kier alpha value is -1.13. The van der Waals surface area contributed by atoms with Crippen molar-refractivity contribution in [1.29, 1.82) is 0 Å². The van der Waals surface area contributed by atoms with Crippen LogP contribution >= 0.6 is 0 Å². The number of nitrogens with zero attached hydrogens (tertiary/aromatic N) is 1. The molecule has 1 saturated carbocycles. The van der Waals surface area contributed by atoms with Crippen molar-refractivity contribution in [2.45, 2.75) is 68.4 Å². The van der Waals surface area contributed by atoms with Gasteiger partial charge in [0.05, 0.1) is 9.64 Å². The highest BCUT2D eigenvalue weighted by Crippen LogP contribution is 2.34. The second-order valence-electron chi connectivity index (χ2n) is 8.49. The van der Waals surface area contributed by atoms with Gasteiger partial charge in [0.15, 0.2) is 9.84 Å². The predicted molar refractivity (Wildman–Crippen MR) is 108 cm³/mol. The zero-order valence-corrected chi connectivity index (χ0v) is 17.1. The Labute approximate surface area is 159 Å². The van der Waals surface area contributed by atoms with Gasteiger partial charge in [-0.2, -0.15) is 0 Å². The lowest BCUT2D eigenvalue weighted by atomic mass is 9.92. The lowest BCUT2D eigenvalue weighted by molar-refractivity contribution is 0.276. The Morgan fingerprint density at radius 2 is 1.81 bits per heavy atom. The Morgan fingerprint density at radius 3 is 2.42 bits per heavy atom. The van der Waals surface area contributed by atoms with Crippen LogP contribution in [-0.2, 0) is 9.84 Å². The third-order valence-electron chi connectivity index (χ3n) is 6.24. The lowest BCUT2D eigenvalue weighted by Crippen LogP contribution is -2.35. The molecule has 0 radical (unpaired) electrons. The molecule has 0 N–H and O–H groups in total. The first-order valence-corrected chi connectivity index (χ1v) is 11.6. The van der Waals surface area contributed by atoms with Crippen molar-refractivity contribution in [2.75, 3.05) is 19.6 Å². The van der Waals surface area contributed by atoms with Crippen molar-refractivity contribution in [1.82, 2.24) is 4.90 Å². The van der Waals surface area contributed by atoms with E-state index in [1.807, 2.05) is 19.9 Å². The zero-order chi connectivity index (χ0) is 18.6. The van der Waals surface area contributed by atoms with Gasteiger partial charge in [-0.1, -0.05) is 42.7 Å². The molecule has 144 valence electrons. The van der Waals surface area contributed by atoms with E-state index in [0.29, 0.717) is 11.3 Å². The number of sulfone groups is 1. The first-order valence-electron chi connectivity index (χ1n) is 10.1. The maximum Gasteiger partial charge on any atom is 0.183 e. The Balaban J connectivity index is 1.50. The van der Waals surface area contributed by atoms with Crippen LogP contribution in [0.15, 0.2) is 46.9 Å². The smallest absolute Gasteiger partial charge is 0.183 e. The van der Waals surface area contributed by atoms with E-state index in [1.54, 1.807) is 29.8 Å². The summed E-state index contributed by atoms with van der Waals surface area (Å²) in [5.41, 5.74) is 1.69. The fourth-order valence-electron chi connectivity index (χ4n) is 4.38. The Bertz CT molecular complexity index is 716. The second kappa shape index (κ2) is 8.26. The summed E-state index contributed by atoms with van der Waals surface area (Å²) in [7, 11) is -3.29. The van der Waals surface area contributed by atoms with Crippen LogP contribution in [0.3, 0.4) is 0 Å². The van der Waals surface area contributed by atoms with Gasteiger partial charge in [-0.05, 0) is 70.5 Å². The average Bonchev–Trinajstić information content (AvgIpc) is 3.17. The fraction of sp³-hybridized carbons (Fsp3) is 0.636. The van der Waals surface area contributed by atoms with Crippen LogP contribution in [0.5, 0.6) is 0 Å². The van der Waals surface area contributed by atoms with E-state index in [4.69, 9.17) is 0 Å². The van der Waals surface area contributed by atoms with Gasteiger partial charge in [0.2, 0.25) is 0 Å². The maximum atomic E-state index is 12.9. The van der Waals surface area contributed by atoms with Crippen LogP contribution < -0.4 is 0 Å². The van der Waals surface area contributed by atoms with E-state index in [-0.39, 0.29) is 0 Å². The normalized spacial score (nSPS) is 20.3. The van der Waals surface area contributed by atoms with E-state index < -0.39 is 14.6 Å². The van der Waals surface area contributed by atoms with E-state index in [9.17, 15) is 8.42 Å². The van der Waals surface area contributed by atoms with Gasteiger partial charge >= 0.3 is 0 Å². The minimum absolute atomic E-state index is 0.437. The summed E-state index contributed by atoms with van der Waals surface area (Å²) in [5.74, 6) is 0.854. The lowest BCUT2D eigenvalue weighted by Gasteiger charge is -2.30. The monoisotopic (exact) mass is 375 g/mol. The molecule has 1 aliphatic carbocycles. The number of hydrogen-bond acceptors (Lipinski definition) is 3. The van der Waals surface area contributed by atoms with Gasteiger partial charge in [-0.25, -0.2) is 8.42 Å². The minimum Gasteiger partial charge on any atom is -0.299 e. The highest BCUT2D eigenvalue weighted by molar-refractivity contribution is 7.92. The highest BCUT2D eigenvalue weighted by atomic mass is 32.2. The summed E-state index contributed by atoms with van der Waals surface area (Å²) >= 11 is 0. The minimum atomic E-state index is -3.29. The first-order chi connectivity index (χ1) is 12.4. The Kier molecular flexibility index (Phi) is 6.24. The van der Waals surface area contributed by atoms with Crippen LogP contribution in [0.2, 0.25) is 0 Å². The van der Waals surface area contributed by atoms with Crippen molar-refractivity contribution in [3.05, 3.63) is 42.0 Å². The molecule has 0 bridgehead atoms. The summed E-state index contributed by atoms with van der Waals surface area (Å²) in [4.78, 5) is 2.91. The molecule has 0 unspecified atom stereocenters. The summed E-state index contributed by atoms with van der Waals surface area (Å²) in [6, 6.07) is 8.86. The number of benzene rings is 1. The van der Waals surface area contributed by atoms with Gasteiger partial charge in [-0.15, -0.1) is 0 Å². The van der Waals surface area contributed by atoms with Gasteiger partial charge in [0.1, 0.15) is 0 Å². The molecule has 3 rings (SSSR count). The maximum absolute atomic E-state index is 12.9. The molecule has 0 atom stereocenters. The molecule has 1 fully saturated rings. The third-order valence-corrected chi connectivity index (χ3v) is 8.79. The summed E-state index contributed by atoms with van der Waals surface area (Å²) < 4.78 is 25.1. The zero-order valence-electron chi connectivity index (χ0n) is 16.3. The van der Waals surface area contributed by atoms with Crippen molar-refractivity contribution in [3.8, 4) is 0 Å². The number of rotatable bonds is 7. The van der Waals surface area contributed by atoms with Gasteiger partial charge < -0.3 is 0 Å². The number of hydrogen-bond donors (Lipinski definition) is 0. The van der Waals surface area contributed by atoms with Crippen LogP contribution in [0.1, 0.15) is 58.8 Å². The summed E-state index contributed by atoms with van der Waals surface area (Å²) in [6.45, 7) is 6.89. The molecular weight excluding hydrogens is 342 g/mol. The molecule has 1 aliphatic heterocycles. The second-order valence-corrected chi connectivity index (χ2v) is 11.1. The summed E-state index contributed by atoms with van der Waals surface area (Å²) in [6.07, 6.45) is 10.8. The molecule has 0 saturated heterocycles. The van der Waals surface area contributed by atoms with Crippen LogP contribution in [0.25, 0.3) is 0 Å². The molecule has 0 aromatic heterocycles. The topological polar surface area (TPSA) is 37.4 Å². The molecule has 3 nitrogen and oxygen atoms in total. The standard InChI is InChI=1S/C22H33NO2S/c1-22(2,26(24,25)21-11-4-3-5-12-21)15-8-16-23-17-13-20(14-18-23)19-9-6-7-10-19/h3-5,11-13,19H,6-10,14-18H2,1-2H3. The highest BCUT2D eigenvalue weighted by Gasteiger charge is 2.35. The molecule has 0 spiro atoms. The van der Waals surface area contributed by atoms with Crippen molar-refractivity contribution >= 4 is 9.84 Å². The van der Waals surface area contributed by atoms with Crippen molar-refractivity contribution < 1.29 is 8.42 Å². The molecule has 1 aromatic rings. The van der Waals surface area contributed by atoms with E-state index in [2.05, 4.69) is 11.0 Å². The van der Waals surface area contributed by atoms with E-state index >= 15 is 0 Å². The van der Waals surface area contributed by atoms with Gasteiger partial charge in [-0.3, -0.25) is 4.90 Å². The van der Waals surface area contributed by atoms with Crippen LogP contribution in [0.4, 0.5) is 0 Å². The predicted octanol–water partition coefficient (Wildman–Crippen LogP) is 4.84. The van der Waals surface area contributed by atoms with Gasteiger partial charge in [0, 0.05) is 13.1 Å². The molecular formula is C22H33NO2S. The quantitative estimate of drug-likeness (QED) is 0.640. The molecule has 4 heteroatoms. The van der Waals surface area contributed by atoms with Crippen LogP contribution in [-0.4, -0.2) is 37.7 Å².